The Morgan fingerprint density at radius 2 is 1.89 bits per heavy atom. The average molecular weight is 265 g/mol. The molecule has 0 atom stereocenters. The number of aldehydes is 1. The minimum absolute atomic E-state index is 0.146. The number of pyridine rings is 1. The van der Waals surface area contributed by atoms with Gasteiger partial charge in [-0.05, 0) is 33.8 Å². The molecule has 0 unspecified atom stereocenters. The van der Waals surface area contributed by atoms with Crippen molar-refractivity contribution in [2.24, 2.45) is 0 Å². The predicted molar refractivity (Wildman–Crippen MR) is 69.7 cm³/mol. The smallest absolute Gasteiger partial charge is 0.399 e. The van der Waals surface area contributed by atoms with Crippen LogP contribution in [0.1, 0.15) is 33.4 Å². The summed E-state index contributed by atoms with van der Waals surface area (Å²) in [6.45, 7) is 7.60. The first-order valence-corrected chi connectivity index (χ1v) is 6.20. The largest absolute Gasteiger partial charge is 0.497 e. The molecular formula is C13H17BFNO3. The molecule has 1 fully saturated rings. The maximum atomic E-state index is 13.9. The highest BCUT2D eigenvalue weighted by Crippen LogP contribution is 2.36. The van der Waals surface area contributed by atoms with Gasteiger partial charge < -0.3 is 14.1 Å². The quantitative estimate of drug-likeness (QED) is 0.609. The van der Waals surface area contributed by atoms with Crippen LogP contribution in [0.2, 0.25) is 0 Å². The fourth-order valence-corrected chi connectivity index (χ4v) is 1.85. The third-order valence-electron chi connectivity index (χ3n) is 3.74. The Kier molecular flexibility index (Phi) is 3.49. The first kappa shape index (κ1) is 14.2. The topological polar surface area (TPSA) is 48.4 Å². The second-order valence-electron chi connectivity index (χ2n) is 5.66. The van der Waals surface area contributed by atoms with E-state index in [1.54, 1.807) is 0 Å². The van der Waals surface area contributed by atoms with Crippen molar-refractivity contribution in [2.75, 3.05) is 0 Å². The molecule has 0 amide bonds. The highest BCUT2D eigenvalue weighted by Gasteiger charge is 2.52. The molecule has 0 aliphatic carbocycles. The molecule has 0 saturated carbocycles. The van der Waals surface area contributed by atoms with Gasteiger partial charge in [-0.3, -0.25) is 4.98 Å². The van der Waals surface area contributed by atoms with Gasteiger partial charge in [0.1, 0.15) is 12.1 Å². The van der Waals surface area contributed by atoms with Crippen molar-refractivity contribution in [3.63, 3.8) is 0 Å². The van der Waals surface area contributed by atoms with Gasteiger partial charge in [0.2, 0.25) is 0 Å². The van der Waals surface area contributed by atoms with Gasteiger partial charge in [-0.2, -0.15) is 0 Å². The van der Waals surface area contributed by atoms with Crippen molar-refractivity contribution in [3.8, 4) is 0 Å². The summed E-state index contributed by atoms with van der Waals surface area (Å²) >= 11 is 0. The highest BCUT2D eigenvalue weighted by molar-refractivity contribution is 6.62. The Labute approximate surface area is 112 Å². The molecule has 1 aromatic rings. The minimum Gasteiger partial charge on any atom is -0.399 e. The van der Waals surface area contributed by atoms with E-state index < -0.39 is 24.1 Å². The molecule has 2 heterocycles. The molecule has 0 bridgehead atoms. The number of halogens is 1. The second kappa shape index (κ2) is 4.69. The van der Waals surface area contributed by atoms with Crippen LogP contribution < -0.4 is 5.46 Å². The van der Waals surface area contributed by atoms with Crippen molar-refractivity contribution in [1.82, 2.24) is 4.98 Å². The van der Waals surface area contributed by atoms with Gasteiger partial charge in [-0.1, -0.05) is 0 Å². The van der Waals surface area contributed by atoms with Crippen LogP contribution in [0, 0.1) is 5.82 Å². The van der Waals surface area contributed by atoms with Crippen LogP contribution in [0.5, 0.6) is 0 Å². The lowest BCUT2D eigenvalue weighted by Gasteiger charge is -2.32. The predicted octanol–water partition coefficient (Wildman–Crippen LogP) is 1.26. The maximum absolute atomic E-state index is 13.9. The molecule has 19 heavy (non-hydrogen) atoms. The first-order valence-electron chi connectivity index (χ1n) is 6.20. The Morgan fingerprint density at radius 3 is 2.42 bits per heavy atom. The number of hydrogen-bond acceptors (Lipinski definition) is 4. The number of nitrogens with zero attached hydrogens (tertiary/aromatic N) is 1. The molecule has 0 spiro atoms. The summed E-state index contributed by atoms with van der Waals surface area (Å²) in [5, 5.41) is 0. The molecule has 4 nitrogen and oxygen atoms in total. The zero-order chi connectivity index (χ0) is 14.3. The molecule has 102 valence electrons. The Bertz CT molecular complexity index is 489. The van der Waals surface area contributed by atoms with Crippen LogP contribution in [0.4, 0.5) is 4.39 Å². The standard InChI is InChI=1S/C13H17BFNO3/c1-12(2)13(3,4)19-14(18-12)10-7-9(5-6-17)16-8-11(10)15/h6-8H,5H2,1-4H3. The van der Waals surface area contributed by atoms with Crippen molar-refractivity contribution in [2.45, 2.75) is 45.3 Å². The highest BCUT2D eigenvalue weighted by atomic mass is 19.1. The molecule has 2 rings (SSSR count). The fourth-order valence-electron chi connectivity index (χ4n) is 1.85. The van der Waals surface area contributed by atoms with E-state index >= 15 is 0 Å². The van der Waals surface area contributed by atoms with Crippen LogP contribution in [-0.2, 0) is 20.5 Å². The summed E-state index contributed by atoms with van der Waals surface area (Å²) < 4.78 is 25.4. The molecule has 0 radical (unpaired) electrons. The molecule has 0 N–H and O–H groups in total. The minimum atomic E-state index is -0.779. The van der Waals surface area contributed by atoms with Crippen LogP contribution >= 0.6 is 0 Å². The molecular weight excluding hydrogens is 248 g/mol. The van der Waals surface area contributed by atoms with Gasteiger partial charge in [0.25, 0.3) is 0 Å². The number of carbonyl (C=O) groups is 1. The molecule has 1 saturated heterocycles. The molecule has 0 aromatic carbocycles. The van der Waals surface area contributed by atoms with Crippen molar-refractivity contribution < 1.29 is 18.5 Å². The average Bonchev–Trinajstić information content (AvgIpc) is 2.51. The summed E-state index contributed by atoms with van der Waals surface area (Å²) in [7, 11) is -0.779. The molecule has 1 aliphatic heterocycles. The summed E-state index contributed by atoms with van der Waals surface area (Å²) in [5.74, 6) is -0.492. The summed E-state index contributed by atoms with van der Waals surface area (Å²) in [4.78, 5) is 14.4. The van der Waals surface area contributed by atoms with Crippen LogP contribution in [0.15, 0.2) is 12.3 Å². The lowest BCUT2D eigenvalue weighted by molar-refractivity contribution is -0.107. The van der Waals surface area contributed by atoms with Gasteiger partial charge in [-0.15, -0.1) is 0 Å². The molecule has 1 aromatic heterocycles. The monoisotopic (exact) mass is 265 g/mol. The van der Waals surface area contributed by atoms with E-state index in [9.17, 15) is 9.18 Å². The molecule has 6 heteroatoms. The fraction of sp³-hybridized carbons (Fsp3) is 0.538. The SMILES string of the molecule is CC1(C)OB(c2cc(CC=O)ncc2F)OC1(C)C. The zero-order valence-electron chi connectivity index (χ0n) is 11.6. The zero-order valence-corrected chi connectivity index (χ0v) is 11.6. The molecule has 1 aliphatic rings. The van der Waals surface area contributed by atoms with Gasteiger partial charge in [0, 0.05) is 17.6 Å². The van der Waals surface area contributed by atoms with E-state index in [2.05, 4.69) is 4.98 Å². The van der Waals surface area contributed by atoms with Crippen LogP contribution in [0.3, 0.4) is 0 Å². The van der Waals surface area contributed by atoms with Crippen molar-refractivity contribution >= 4 is 18.9 Å². The lowest BCUT2D eigenvalue weighted by Crippen LogP contribution is -2.41. The van der Waals surface area contributed by atoms with Gasteiger partial charge in [0.05, 0.1) is 17.4 Å². The van der Waals surface area contributed by atoms with Crippen LogP contribution in [-0.4, -0.2) is 29.6 Å². The Balaban J connectivity index is 2.33. The Hall–Kier alpha value is -1.27. The number of hydrogen-bond donors (Lipinski definition) is 0. The number of aromatic nitrogens is 1. The van der Waals surface area contributed by atoms with E-state index in [0.29, 0.717) is 5.69 Å². The summed E-state index contributed by atoms with van der Waals surface area (Å²) in [5.41, 5.74) is -0.275. The Morgan fingerprint density at radius 1 is 1.32 bits per heavy atom. The van der Waals surface area contributed by atoms with E-state index in [1.165, 1.54) is 6.07 Å². The third kappa shape index (κ3) is 2.55. The number of rotatable bonds is 3. The van der Waals surface area contributed by atoms with Crippen LogP contribution in [0.25, 0.3) is 0 Å². The van der Waals surface area contributed by atoms with E-state index in [-0.39, 0.29) is 11.9 Å². The second-order valence-corrected chi connectivity index (χ2v) is 5.66. The third-order valence-corrected chi connectivity index (χ3v) is 3.74. The van der Waals surface area contributed by atoms with Crippen molar-refractivity contribution in [1.29, 1.82) is 0 Å². The normalized spacial score (nSPS) is 20.6. The summed E-state index contributed by atoms with van der Waals surface area (Å²) in [6, 6.07) is 1.52. The first-order chi connectivity index (χ1) is 8.77. The van der Waals surface area contributed by atoms with Gasteiger partial charge in [0.15, 0.2) is 0 Å². The summed E-state index contributed by atoms with van der Waals surface area (Å²) in [6.07, 6.45) is 1.97. The number of carbonyl (C=O) groups excluding carboxylic acids is 1. The van der Waals surface area contributed by atoms with E-state index in [4.69, 9.17) is 9.31 Å². The van der Waals surface area contributed by atoms with Crippen molar-refractivity contribution in [3.05, 3.63) is 23.8 Å². The van der Waals surface area contributed by atoms with Gasteiger partial charge >= 0.3 is 7.12 Å². The van der Waals surface area contributed by atoms with E-state index in [1.807, 2.05) is 27.7 Å². The van der Waals surface area contributed by atoms with E-state index in [0.717, 1.165) is 12.5 Å². The maximum Gasteiger partial charge on any atom is 0.497 e. The lowest BCUT2D eigenvalue weighted by atomic mass is 9.79. The van der Waals surface area contributed by atoms with Gasteiger partial charge in [-0.25, -0.2) is 4.39 Å².